The molecule has 3 rings (SSSR count). The number of nitrogens with one attached hydrogen (secondary N) is 1. The maximum atomic E-state index is 4.55. The average Bonchev–Trinajstić information content (AvgIpc) is 2.92. The van der Waals surface area contributed by atoms with Crippen molar-refractivity contribution in [2.24, 2.45) is 0 Å². The smallest absolute Gasteiger partial charge is 0.138 e. The number of pyridine rings is 1. The number of fused-ring (bicyclic) bond motifs is 1. The number of hydrogen-bond acceptors (Lipinski definition) is 3. The molecule has 0 aromatic carbocycles. The molecule has 0 spiro atoms. The molecule has 2 aromatic heterocycles. The van der Waals surface area contributed by atoms with Crippen LogP contribution in [0, 0.1) is 0 Å². The van der Waals surface area contributed by atoms with Gasteiger partial charge in [0.25, 0.3) is 0 Å². The van der Waals surface area contributed by atoms with Gasteiger partial charge in [-0.2, -0.15) is 0 Å². The van der Waals surface area contributed by atoms with E-state index >= 15 is 0 Å². The fourth-order valence-corrected chi connectivity index (χ4v) is 2.78. The summed E-state index contributed by atoms with van der Waals surface area (Å²) in [7, 11) is 0. The van der Waals surface area contributed by atoms with Crippen LogP contribution in [0.1, 0.15) is 43.1 Å². The van der Waals surface area contributed by atoms with Gasteiger partial charge in [-0.3, -0.25) is 4.57 Å². The van der Waals surface area contributed by atoms with E-state index in [0.29, 0.717) is 0 Å². The highest BCUT2D eigenvalue weighted by atomic mass is 15.1. The molecule has 20 heavy (non-hydrogen) atoms. The van der Waals surface area contributed by atoms with Crippen molar-refractivity contribution >= 4 is 0 Å². The summed E-state index contributed by atoms with van der Waals surface area (Å²) >= 11 is 0. The van der Waals surface area contributed by atoms with Crippen molar-refractivity contribution < 1.29 is 0 Å². The third-order valence-corrected chi connectivity index (χ3v) is 3.84. The van der Waals surface area contributed by atoms with Gasteiger partial charge in [0, 0.05) is 18.4 Å². The van der Waals surface area contributed by atoms with Gasteiger partial charge in [0.05, 0.1) is 5.69 Å². The van der Waals surface area contributed by atoms with Gasteiger partial charge >= 0.3 is 0 Å². The van der Waals surface area contributed by atoms with Crippen LogP contribution >= 0.6 is 0 Å². The molecule has 1 aliphatic rings. The molecule has 0 unspecified atom stereocenters. The van der Waals surface area contributed by atoms with Crippen molar-refractivity contribution in [3.05, 3.63) is 41.6 Å². The standard InChI is InChI=1S/C16H22N4/c1-2-8-17-11-13-7-9-18-16(10-13)20-12-19-14-5-3-4-6-15(14)20/h7,9-10,12,17H,2-6,8,11H2,1H3. The van der Waals surface area contributed by atoms with Crippen LogP contribution in [0.25, 0.3) is 5.82 Å². The first-order chi connectivity index (χ1) is 9.88. The van der Waals surface area contributed by atoms with E-state index in [1.165, 1.54) is 29.8 Å². The topological polar surface area (TPSA) is 42.7 Å². The lowest BCUT2D eigenvalue weighted by molar-refractivity contribution is 0.653. The third kappa shape index (κ3) is 2.75. The Labute approximate surface area is 120 Å². The van der Waals surface area contributed by atoms with Crippen LogP contribution in [0.15, 0.2) is 24.7 Å². The van der Waals surface area contributed by atoms with Gasteiger partial charge < -0.3 is 5.32 Å². The lowest BCUT2D eigenvalue weighted by Crippen LogP contribution is -2.14. The second-order valence-corrected chi connectivity index (χ2v) is 5.41. The molecular formula is C16H22N4. The number of imidazole rings is 1. The van der Waals surface area contributed by atoms with Crippen LogP contribution in [0.5, 0.6) is 0 Å². The van der Waals surface area contributed by atoms with Crippen LogP contribution in [0.2, 0.25) is 0 Å². The number of aryl methyl sites for hydroxylation is 1. The van der Waals surface area contributed by atoms with E-state index in [9.17, 15) is 0 Å². The molecule has 0 aliphatic heterocycles. The summed E-state index contributed by atoms with van der Waals surface area (Å²) in [6.07, 6.45) is 9.74. The minimum Gasteiger partial charge on any atom is -0.313 e. The lowest BCUT2D eigenvalue weighted by atomic mass is 10.0. The van der Waals surface area contributed by atoms with Gasteiger partial charge in [-0.05, 0) is 56.3 Å². The normalized spacial score (nSPS) is 14.2. The molecule has 2 heterocycles. The van der Waals surface area contributed by atoms with Crippen LogP contribution < -0.4 is 5.32 Å². The minimum absolute atomic E-state index is 0.903. The Hall–Kier alpha value is -1.68. The molecule has 2 aromatic rings. The maximum Gasteiger partial charge on any atom is 0.138 e. The second kappa shape index (κ2) is 6.18. The molecule has 1 N–H and O–H groups in total. The van der Waals surface area contributed by atoms with E-state index in [1.54, 1.807) is 0 Å². The molecule has 0 atom stereocenters. The average molecular weight is 270 g/mol. The Balaban J connectivity index is 1.83. The predicted molar refractivity (Wildman–Crippen MR) is 80.0 cm³/mol. The Morgan fingerprint density at radius 3 is 3.05 bits per heavy atom. The first-order valence-corrected chi connectivity index (χ1v) is 7.59. The summed E-state index contributed by atoms with van der Waals surface area (Å²) in [5, 5.41) is 3.43. The summed E-state index contributed by atoms with van der Waals surface area (Å²) in [5.41, 5.74) is 3.89. The summed E-state index contributed by atoms with van der Waals surface area (Å²) in [4.78, 5) is 9.06. The van der Waals surface area contributed by atoms with Gasteiger partial charge in [0.15, 0.2) is 0 Å². The zero-order chi connectivity index (χ0) is 13.8. The Morgan fingerprint density at radius 2 is 2.15 bits per heavy atom. The van der Waals surface area contributed by atoms with Gasteiger partial charge in [-0.15, -0.1) is 0 Å². The minimum atomic E-state index is 0.903. The van der Waals surface area contributed by atoms with Gasteiger partial charge in [0.2, 0.25) is 0 Å². The van der Waals surface area contributed by atoms with Crippen LogP contribution in [-0.4, -0.2) is 21.1 Å². The molecular weight excluding hydrogens is 248 g/mol. The molecule has 1 aliphatic carbocycles. The van der Waals surface area contributed by atoms with Crippen LogP contribution in [0.4, 0.5) is 0 Å². The van der Waals surface area contributed by atoms with E-state index < -0.39 is 0 Å². The van der Waals surface area contributed by atoms with Crippen LogP contribution in [0.3, 0.4) is 0 Å². The van der Waals surface area contributed by atoms with Crippen molar-refractivity contribution in [1.29, 1.82) is 0 Å². The zero-order valence-electron chi connectivity index (χ0n) is 12.1. The number of hydrogen-bond donors (Lipinski definition) is 1. The highest BCUT2D eigenvalue weighted by molar-refractivity contribution is 5.32. The maximum absolute atomic E-state index is 4.55. The van der Waals surface area contributed by atoms with E-state index in [-0.39, 0.29) is 0 Å². The van der Waals surface area contributed by atoms with E-state index in [2.05, 4.69) is 38.9 Å². The van der Waals surface area contributed by atoms with Crippen LogP contribution in [-0.2, 0) is 19.4 Å². The summed E-state index contributed by atoms with van der Waals surface area (Å²) in [5.74, 6) is 0.997. The van der Waals surface area contributed by atoms with Crippen molar-refractivity contribution in [2.75, 3.05) is 6.54 Å². The molecule has 4 nitrogen and oxygen atoms in total. The van der Waals surface area contributed by atoms with E-state index in [4.69, 9.17) is 0 Å². The number of rotatable bonds is 5. The molecule has 0 saturated heterocycles. The largest absolute Gasteiger partial charge is 0.313 e. The molecule has 0 bridgehead atoms. The van der Waals surface area contributed by atoms with Crippen molar-refractivity contribution in [2.45, 2.75) is 45.6 Å². The fraction of sp³-hybridized carbons (Fsp3) is 0.500. The van der Waals surface area contributed by atoms with Crippen molar-refractivity contribution in [3.63, 3.8) is 0 Å². The highest BCUT2D eigenvalue weighted by Gasteiger charge is 2.16. The highest BCUT2D eigenvalue weighted by Crippen LogP contribution is 2.22. The van der Waals surface area contributed by atoms with Crippen molar-refractivity contribution in [3.8, 4) is 5.82 Å². The zero-order valence-corrected chi connectivity index (χ0v) is 12.1. The molecule has 0 saturated carbocycles. The Morgan fingerprint density at radius 1 is 1.25 bits per heavy atom. The summed E-state index contributed by atoms with van der Waals surface area (Å²) < 4.78 is 2.16. The van der Waals surface area contributed by atoms with Crippen molar-refractivity contribution in [1.82, 2.24) is 19.9 Å². The van der Waals surface area contributed by atoms with Gasteiger partial charge in [-0.25, -0.2) is 9.97 Å². The summed E-state index contributed by atoms with van der Waals surface area (Å²) in [6, 6.07) is 4.24. The van der Waals surface area contributed by atoms with E-state index in [1.807, 2.05) is 12.5 Å². The third-order valence-electron chi connectivity index (χ3n) is 3.84. The number of aromatic nitrogens is 3. The first-order valence-electron chi connectivity index (χ1n) is 7.59. The number of nitrogens with zero attached hydrogens (tertiary/aromatic N) is 3. The van der Waals surface area contributed by atoms with Gasteiger partial charge in [0.1, 0.15) is 12.1 Å². The molecule has 4 heteroatoms. The lowest BCUT2D eigenvalue weighted by Gasteiger charge is -2.14. The molecule has 0 amide bonds. The van der Waals surface area contributed by atoms with Gasteiger partial charge in [-0.1, -0.05) is 6.92 Å². The predicted octanol–water partition coefficient (Wildman–Crippen LogP) is 2.65. The first kappa shape index (κ1) is 13.3. The summed E-state index contributed by atoms with van der Waals surface area (Å²) in [6.45, 7) is 4.14. The molecule has 0 fully saturated rings. The Bertz CT molecular complexity index is 574. The monoisotopic (exact) mass is 270 g/mol. The van der Waals surface area contributed by atoms with E-state index in [0.717, 1.165) is 38.2 Å². The SMILES string of the molecule is CCCNCc1ccnc(-n2cnc3c2CCCC3)c1. The second-order valence-electron chi connectivity index (χ2n) is 5.41. The molecule has 106 valence electrons. The Kier molecular flexibility index (Phi) is 4.11. The molecule has 0 radical (unpaired) electrons. The fourth-order valence-electron chi connectivity index (χ4n) is 2.78. The quantitative estimate of drug-likeness (QED) is 0.849.